The number of hydrogen-bond donors (Lipinski definition) is 1. The molecule has 0 unspecified atom stereocenters. The maximum Gasteiger partial charge on any atom is 0.231 e. The van der Waals surface area contributed by atoms with Crippen LogP contribution in [0.4, 0.5) is 0 Å². The van der Waals surface area contributed by atoms with E-state index in [9.17, 15) is 4.79 Å². The third kappa shape index (κ3) is 3.78. The average molecular weight is 418 g/mol. The van der Waals surface area contributed by atoms with Crippen LogP contribution in [-0.4, -0.2) is 22.5 Å². The molecule has 5 rings (SSSR count). The predicted molar refractivity (Wildman–Crippen MR) is 118 cm³/mol. The minimum absolute atomic E-state index is 0.0202. The second kappa shape index (κ2) is 8.10. The van der Waals surface area contributed by atoms with E-state index < -0.39 is 0 Å². The lowest BCUT2D eigenvalue weighted by Crippen LogP contribution is -2.31. The lowest BCUT2D eigenvalue weighted by Gasteiger charge is -2.24. The topological polar surface area (TPSA) is 65.4 Å². The fraction of sp³-hybridized carbons (Fsp3) is 0.360. The molecular formula is C25H27N3O3. The van der Waals surface area contributed by atoms with Crippen LogP contribution in [0, 0.1) is 13.8 Å². The molecule has 2 heterocycles. The smallest absolute Gasteiger partial charge is 0.231 e. The molecule has 1 aromatic heterocycles. The minimum atomic E-state index is 0.0202. The van der Waals surface area contributed by atoms with E-state index in [4.69, 9.17) is 14.6 Å². The summed E-state index contributed by atoms with van der Waals surface area (Å²) in [6.45, 7) is 4.52. The highest BCUT2D eigenvalue weighted by Gasteiger charge is 2.26. The highest BCUT2D eigenvalue weighted by Crippen LogP contribution is 2.34. The zero-order valence-corrected chi connectivity index (χ0v) is 18.0. The second-order valence-corrected chi connectivity index (χ2v) is 8.38. The highest BCUT2D eigenvalue weighted by molar-refractivity contribution is 5.77. The number of benzene rings is 2. The Balaban J connectivity index is 1.28. The first-order valence-electron chi connectivity index (χ1n) is 10.9. The number of aromatic nitrogens is 2. The Morgan fingerprint density at radius 2 is 2.06 bits per heavy atom. The number of nitrogens with one attached hydrogen (secondary N) is 1. The standard InChI is InChI=1S/C25H27N3O3/c1-16-5-3-7-21(17(16)2)28-22-8-4-6-20(19(22)14-26-28)27-25(29)12-10-18-9-11-23-24(13-18)31-15-30-23/h3,5,7,9,11,13-14,20H,4,6,8,10,12,15H2,1-2H3,(H,27,29)/t20-/m0/s1. The van der Waals surface area contributed by atoms with E-state index in [1.165, 1.54) is 16.8 Å². The number of nitrogens with zero attached hydrogens (tertiary/aromatic N) is 2. The number of fused-ring (bicyclic) bond motifs is 2. The van der Waals surface area contributed by atoms with Gasteiger partial charge >= 0.3 is 0 Å². The lowest BCUT2D eigenvalue weighted by atomic mass is 9.92. The molecule has 2 aromatic carbocycles. The molecule has 160 valence electrons. The summed E-state index contributed by atoms with van der Waals surface area (Å²) in [5.74, 6) is 1.59. The molecule has 0 saturated carbocycles. The zero-order chi connectivity index (χ0) is 21.4. The number of hydrogen-bond acceptors (Lipinski definition) is 4. The molecule has 0 fully saturated rings. The number of carbonyl (C=O) groups is 1. The zero-order valence-electron chi connectivity index (χ0n) is 18.0. The van der Waals surface area contributed by atoms with Crippen molar-refractivity contribution in [1.82, 2.24) is 15.1 Å². The van der Waals surface area contributed by atoms with Gasteiger partial charge in [0.25, 0.3) is 0 Å². The van der Waals surface area contributed by atoms with Crippen LogP contribution in [0.2, 0.25) is 0 Å². The molecule has 0 saturated heterocycles. The third-order valence-electron chi connectivity index (χ3n) is 6.40. The number of rotatable bonds is 5. The van der Waals surface area contributed by atoms with Gasteiger partial charge in [0.2, 0.25) is 12.7 Å². The Hall–Kier alpha value is -3.28. The predicted octanol–water partition coefficient (Wildman–Crippen LogP) is 4.34. The molecule has 6 nitrogen and oxygen atoms in total. The van der Waals surface area contributed by atoms with Crippen molar-refractivity contribution < 1.29 is 14.3 Å². The van der Waals surface area contributed by atoms with Gasteiger partial charge in [-0.15, -0.1) is 0 Å². The summed E-state index contributed by atoms with van der Waals surface area (Å²) >= 11 is 0. The summed E-state index contributed by atoms with van der Waals surface area (Å²) in [6.07, 6.45) is 6.00. The van der Waals surface area contributed by atoms with Crippen LogP contribution in [0.1, 0.15) is 53.3 Å². The summed E-state index contributed by atoms with van der Waals surface area (Å²) in [5.41, 5.74) is 7.04. The maximum absolute atomic E-state index is 12.7. The normalized spacial score (nSPS) is 16.8. The van der Waals surface area contributed by atoms with Crippen molar-refractivity contribution in [3.05, 3.63) is 70.5 Å². The van der Waals surface area contributed by atoms with Gasteiger partial charge in [-0.2, -0.15) is 5.10 Å². The Labute approximate surface area is 182 Å². The van der Waals surface area contributed by atoms with Crippen LogP contribution in [0.15, 0.2) is 42.6 Å². The van der Waals surface area contributed by atoms with Crippen LogP contribution in [-0.2, 0) is 17.6 Å². The van der Waals surface area contributed by atoms with Crippen molar-refractivity contribution in [2.45, 2.75) is 52.0 Å². The molecule has 0 radical (unpaired) electrons. The molecule has 6 heteroatoms. The van der Waals surface area contributed by atoms with E-state index in [-0.39, 0.29) is 18.7 Å². The fourth-order valence-electron chi connectivity index (χ4n) is 4.50. The van der Waals surface area contributed by atoms with Gasteiger partial charge in [-0.05, 0) is 74.4 Å². The number of carbonyl (C=O) groups excluding carboxylic acids is 1. The largest absolute Gasteiger partial charge is 0.454 e. The maximum atomic E-state index is 12.7. The first-order chi connectivity index (χ1) is 15.1. The molecule has 0 bridgehead atoms. The quantitative estimate of drug-likeness (QED) is 0.671. The summed E-state index contributed by atoms with van der Waals surface area (Å²) in [5, 5.41) is 7.93. The van der Waals surface area contributed by atoms with Gasteiger partial charge in [-0.3, -0.25) is 4.79 Å². The van der Waals surface area contributed by atoms with Crippen LogP contribution in [0.3, 0.4) is 0 Å². The average Bonchev–Trinajstić information content (AvgIpc) is 3.41. The molecule has 1 aliphatic carbocycles. The molecular weight excluding hydrogens is 390 g/mol. The van der Waals surface area contributed by atoms with Gasteiger partial charge < -0.3 is 14.8 Å². The number of aryl methyl sites for hydroxylation is 2. The van der Waals surface area contributed by atoms with Crippen LogP contribution < -0.4 is 14.8 Å². The molecule has 3 aromatic rings. The fourth-order valence-corrected chi connectivity index (χ4v) is 4.50. The second-order valence-electron chi connectivity index (χ2n) is 8.38. The van der Waals surface area contributed by atoms with E-state index >= 15 is 0 Å². The number of ether oxygens (including phenoxy) is 2. The lowest BCUT2D eigenvalue weighted by molar-refractivity contribution is -0.121. The molecule has 2 aliphatic rings. The summed E-state index contributed by atoms with van der Waals surface area (Å²) < 4.78 is 12.8. The third-order valence-corrected chi connectivity index (χ3v) is 6.40. The Morgan fingerprint density at radius 1 is 1.19 bits per heavy atom. The van der Waals surface area contributed by atoms with Gasteiger partial charge in [0.1, 0.15) is 0 Å². The van der Waals surface area contributed by atoms with Crippen molar-refractivity contribution in [2.75, 3.05) is 6.79 Å². The molecule has 1 N–H and O–H groups in total. The van der Waals surface area contributed by atoms with Gasteiger partial charge in [0.05, 0.1) is 17.9 Å². The summed E-state index contributed by atoms with van der Waals surface area (Å²) in [6, 6.07) is 12.2. The first kappa shape index (κ1) is 19.7. The van der Waals surface area contributed by atoms with Gasteiger partial charge in [0.15, 0.2) is 11.5 Å². The first-order valence-corrected chi connectivity index (χ1v) is 10.9. The SMILES string of the molecule is Cc1cccc(-n2ncc3c2CCC[C@@H]3NC(=O)CCc2ccc3c(c2)OCO3)c1C. The highest BCUT2D eigenvalue weighted by atomic mass is 16.7. The van der Waals surface area contributed by atoms with Crippen molar-refractivity contribution in [1.29, 1.82) is 0 Å². The van der Waals surface area contributed by atoms with Crippen molar-refractivity contribution >= 4 is 5.91 Å². The van der Waals surface area contributed by atoms with E-state index in [0.717, 1.165) is 47.6 Å². The van der Waals surface area contributed by atoms with Crippen LogP contribution >= 0.6 is 0 Å². The van der Waals surface area contributed by atoms with E-state index in [2.05, 4.69) is 42.0 Å². The minimum Gasteiger partial charge on any atom is -0.454 e. The van der Waals surface area contributed by atoms with E-state index in [1.807, 2.05) is 24.4 Å². The Kier molecular flexibility index (Phi) is 5.14. The summed E-state index contributed by atoms with van der Waals surface area (Å²) in [4.78, 5) is 12.7. The number of amides is 1. The molecule has 1 atom stereocenters. The van der Waals surface area contributed by atoms with Crippen LogP contribution in [0.5, 0.6) is 11.5 Å². The van der Waals surface area contributed by atoms with Crippen molar-refractivity contribution in [3.8, 4) is 17.2 Å². The van der Waals surface area contributed by atoms with Crippen LogP contribution in [0.25, 0.3) is 5.69 Å². The van der Waals surface area contributed by atoms with Crippen molar-refractivity contribution in [2.24, 2.45) is 0 Å². The van der Waals surface area contributed by atoms with Gasteiger partial charge in [-0.25, -0.2) is 4.68 Å². The Bertz CT molecular complexity index is 1140. The molecule has 0 spiro atoms. The van der Waals surface area contributed by atoms with E-state index in [0.29, 0.717) is 12.8 Å². The summed E-state index contributed by atoms with van der Waals surface area (Å²) in [7, 11) is 0. The van der Waals surface area contributed by atoms with Crippen molar-refractivity contribution in [3.63, 3.8) is 0 Å². The van der Waals surface area contributed by atoms with Gasteiger partial charge in [0, 0.05) is 17.7 Å². The van der Waals surface area contributed by atoms with E-state index in [1.54, 1.807) is 0 Å². The monoisotopic (exact) mass is 417 g/mol. The van der Waals surface area contributed by atoms with Gasteiger partial charge in [-0.1, -0.05) is 18.2 Å². The molecule has 1 aliphatic heterocycles. The molecule has 1 amide bonds. The molecule has 31 heavy (non-hydrogen) atoms. The Morgan fingerprint density at radius 3 is 2.97 bits per heavy atom.